The Morgan fingerprint density at radius 3 is 2.12 bits per heavy atom. The Kier molecular flexibility index (Phi) is 2.95. The minimum absolute atomic E-state index is 0.123. The SMILES string of the molecule is [2H]C1([2H])C2=C(c3ccccc3-c3cccc4ccccc34)C3C([2H])(c4cccc5ccccc45)C([2H])([2H])C([2H])([2H])C([2H])([2H])C3([2H])C([2H])([2H])C2([2H])C([2H])([2H])C([2H])([2H])C1([2H])[2H]. The van der Waals surface area contributed by atoms with Crippen LogP contribution >= 0.6 is 0 Å². The van der Waals surface area contributed by atoms with E-state index in [0.29, 0.717) is 21.7 Å². The van der Waals surface area contributed by atoms with Crippen LogP contribution in [-0.2, 0) is 0 Å². The van der Waals surface area contributed by atoms with Gasteiger partial charge in [0, 0.05) is 26.0 Å². The summed E-state index contributed by atoms with van der Waals surface area (Å²) in [5.74, 6) is -14.1. The molecule has 0 N–H and O–H groups in total. The number of hydrogen-bond acceptors (Lipinski definition) is 0. The third-order valence-electron chi connectivity index (χ3n) is 7.85. The Hall–Kier alpha value is -3.64. The molecule has 0 radical (unpaired) electrons. The fourth-order valence-electron chi connectivity index (χ4n) is 6.12. The third kappa shape index (κ3) is 3.95. The molecule has 0 aliphatic heterocycles. The highest BCUT2D eigenvalue weighted by molar-refractivity contribution is 6.00. The van der Waals surface area contributed by atoms with Crippen molar-refractivity contribution < 1.29 is 26.0 Å². The summed E-state index contributed by atoms with van der Waals surface area (Å²) < 4.78 is 181. The average molecular weight is 538 g/mol. The third-order valence-corrected chi connectivity index (χ3v) is 7.85. The van der Waals surface area contributed by atoms with E-state index in [1.54, 1.807) is 72.8 Å². The predicted molar refractivity (Wildman–Crippen MR) is 170 cm³/mol. The molecular formula is C40H38. The van der Waals surface area contributed by atoms with Crippen LogP contribution in [0.5, 0.6) is 0 Å². The Bertz CT molecular complexity index is 2600. The number of benzene rings is 5. The number of fused-ring (bicyclic) bond motifs is 4. The molecule has 4 unspecified atom stereocenters. The minimum Gasteiger partial charge on any atom is -0.0630 e. The van der Waals surface area contributed by atoms with Crippen molar-refractivity contribution in [2.75, 3.05) is 0 Å². The van der Waals surface area contributed by atoms with E-state index in [9.17, 15) is 20.6 Å². The minimum atomic E-state index is -4.25. The zero-order valence-electron chi connectivity index (χ0n) is 40.5. The second kappa shape index (κ2) is 10.1. The zero-order valence-corrected chi connectivity index (χ0v) is 21.5. The summed E-state index contributed by atoms with van der Waals surface area (Å²) in [6, 6.07) is 28.6. The zero-order chi connectivity index (χ0) is 43.6. The summed E-state index contributed by atoms with van der Waals surface area (Å²) in [5.41, 5.74) is -2.29. The standard InChI is InChI=1S/C40H38/c1-4-18-31-27(12-1)15-9-23-34(31)36-21-7-8-22-38(36)40-33-20-6-3-14-29(33)26-30-17-11-25-37(39(30)40)35-24-10-16-28-13-2-5-19-32(28)35/h1-2,4-5,7-10,12-13,15-16,18-19,21-24,29-30,37,39H,3,6,11,14,17,20,25-26H2/i3D2,6D2,11D2,14D2,17D2,20D2,25D2,26D2,29D,30D,37D. The topological polar surface area (TPSA) is 0 Å². The van der Waals surface area contributed by atoms with E-state index >= 15 is 0 Å². The smallest absolute Gasteiger partial charge is 0.0359 e. The van der Waals surface area contributed by atoms with Crippen LogP contribution in [0.4, 0.5) is 0 Å². The molecule has 8 rings (SSSR count). The summed E-state index contributed by atoms with van der Waals surface area (Å²) in [6.07, 6.45) is -32.1. The summed E-state index contributed by atoms with van der Waals surface area (Å²) in [4.78, 5) is 0. The van der Waals surface area contributed by atoms with Gasteiger partial charge in [0.05, 0.1) is 0 Å². The molecule has 4 atom stereocenters. The molecular weight excluding hydrogens is 480 g/mol. The van der Waals surface area contributed by atoms with Gasteiger partial charge in [0.2, 0.25) is 0 Å². The highest BCUT2D eigenvalue weighted by Gasteiger charge is 2.44. The molecule has 40 heavy (non-hydrogen) atoms. The summed E-state index contributed by atoms with van der Waals surface area (Å²) >= 11 is 0. The average Bonchev–Trinajstić information content (AvgIpc) is 3.17. The maximum Gasteiger partial charge on any atom is 0.0359 e. The van der Waals surface area contributed by atoms with Gasteiger partial charge in [-0.1, -0.05) is 128 Å². The van der Waals surface area contributed by atoms with Crippen molar-refractivity contribution >= 4 is 27.1 Å². The van der Waals surface area contributed by atoms with Gasteiger partial charge in [-0.3, -0.25) is 0 Å². The molecule has 0 saturated heterocycles. The predicted octanol–water partition coefficient (Wildman–Crippen LogP) is 11.2. The summed E-state index contributed by atoms with van der Waals surface area (Å²) in [5, 5.41) is 1.82. The van der Waals surface area contributed by atoms with Crippen LogP contribution in [-0.4, -0.2) is 0 Å². The second-order valence-electron chi connectivity index (χ2n) is 10.0. The van der Waals surface area contributed by atoms with E-state index in [4.69, 9.17) is 5.48 Å². The molecule has 0 amide bonds. The molecule has 0 spiro atoms. The molecule has 0 aromatic heterocycles. The van der Waals surface area contributed by atoms with Crippen LogP contribution in [0, 0.1) is 17.7 Å². The fourth-order valence-corrected chi connectivity index (χ4v) is 6.12. The van der Waals surface area contributed by atoms with Crippen LogP contribution in [0.15, 0.2) is 115 Å². The molecule has 3 aliphatic rings. The monoisotopic (exact) mass is 537 g/mol. The van der Waals surface area contributed by atoms with Crippen LogP contribution in [0.3, 0.4) is 0 Å². The van der Waals surface area contributed by atoms with Crippen molar-refractivity contribution in [3.63, 3.8) is 0 Å². The molecule has 0 heterocycles. The molecule has 5 aromatic carbocycles. The van der Waals surface area contributed by atoms with Gasteiger partial charge in [-0.05, 0) is 111 Å². The Balaban J connectivity index is 1.70. The van der Waals surface area contributed by atoms with Crippen molar-refractivity contribution in [2.24, 2.45) is 17.7 Å². The van der Waals surface area contributed by atoms with Crippen LogP contribution in [0.2, 0.25) is 0 Å². The molecule has 5 aromatic rings. The quantitative estimate of drug-likeness (QED) is 0.215. The molecule has 0 bridgehead atoms. The lowest BCUT2D eigenvalue weighted by Gasteiger charge is -2.48. The first-order valence-electron chi connectivity index (χ1n) is 22.8. The van der Waals surface area contributed by atoms with Gasteiger partial charge in [0.25, 0.3) is 0 Å². The van der Waals surface area contributed by atoms with Crippen molar-refractivity contribution in [2.45, 2.75) is 56.9 Å². The van der Waals surface area contributed by atoms with Gasteiger partial charge in [-0.15, -0.1) is 0 Å². The number of hydrogen-bond donors (Lipinski definition) is 0. The first-order chi connectivity index (χ1) is 27.0. The first-order valence-corrected chi connectivity index (χ1v) is 13.3. The van der Waals surface area contributed by atoms with Gasteiger partial charge in [-0.25, -0.2) is 0 Å². The van der Waals surface area contributed by atoms with Crippen LogP contribution in [0.25, 0.3) is 38.2 Å². The Labute approximate surface area is 265 Å². The van der Waals surface area contributed by atoms with Crippen molar-refractivity contribution in [3.05, 3.63) is 126 Å². The molecule has 2 fully saturated rings. The van der Waals surface area contributed by atoms with E-state index < -0.39 is 85.7 Å². The van der Waals surface area contributed by atoms with Gasteiger partial charge in [-0.2, -0.15) is 0 Å². The maximum atomic E-state index is 10.6. The van der Waals surface area contributed by atoms with Crippen molar-refractivity contribution in [1.29, 1.82) is 0 Å². The van der Waals surface area contributed by atoms with Crippen LogP contribution in [0.1, 0.15) is 94.0 Å². The van der Waals surface area contributed by atoms with Gasteiger partial charge < -0.3 is 0 Å². The van der Waals surface area contributed by atoms with E-state index in [-0.39, 0.29) is 22.1 Å². The highest BCUT2D eigenvalue weighted by Crippen LogP contribution is 2.59. The molecule has 198 valence electrons. The van der Waals surface area contributed by atoms with Crippen molar-refractivity contribution in [1.82, 2.24) is 0 Å². The number of allylic oxidation sites excluding steroid dienone is 2. The summed E-state index contributed by atoms with van der Waals surface area (Å²) in [7, 11) is 0. The van der Waals surface area contributed by atoms with E-state index in [0.717, 1.165) is 0 Å². The van der Waals surface area contributed by atoms with Gasteiger partial charge in [0.1, 0.15) is 0 Å². The van der Waals surface area contributed by atoms with Crippen molar-refractivity contribution in [3.8, 4) is 11.1 Å². The Morgan fingerprint density at radius 1 is 0.575 bits per heavy atom. The lowest BCUT2D eigenvalue weighted by atomic mass is 9.56. The van der Waals surface area contributed by atoms with Crippen LogP contribution < -0.4 is 0 Å². The highest BCUT2D eigenvalue weighted by atomic mass is 14.5. The second-order valence-corrected chi connectivity index (χ2v) is 10.0. The van der Waals surface area contributed by atoms with E-state index in [1.165, 1.54) is 36.4 Å². The largest absolute Gasteiger partial charge is 0.0630 e. The maximum absolute atomic E-state index is 10.6. The normalized spacial score (nSPS) is 47.2. The first kappa shape index (κ1) is 11.7. The van der Waals surface area contributed by atoms with E-state index in [2.05, 4.69) is 0 Å². The van der Waals surface area contributed by atoms with Gasteiger partial charge in [0.15, 0.2) is 0 Å². The fraction of sp³-hybridized carbons (Fsp3) is 0.300. The number of rotatable bonds is 3. The van der Waals surface area contributed by atoms with E-state index in [1.807, 2.05) is 0 Å². The van der Waals surface area contributed by atoms with Gasteiger partial charge >= 0.3 is 0 Å². The Morgan fingerprint density at radius 2 is 1.25 bits per heavy atom. The lowest BCUT2D eigenvalue weighted by molar-refractivity contribution is 0.194. The molecule has 0 nitrogen and oxygen atoms in total. The molecule has 3 aliphatic carbocycles. The molecule has 0 heteroatoms. The summed E-state index contributed by atoms with van der Waals surface area (Å²) in [6.45, 7) is 0. The lowest BCUT2D eigenvalue weighted by Crippen LogP contribution is -2.36. The molecule has 2 saturated carbocycles.